The topological polar surface area (TPSA) is 75.2 Å². The van der Waals surface area contributed by atoms with Crippen molar-refractivity contribution < 1.29 is 9.59 Å². The van der Waals surface area contributed by atoms with Gasteiger partial charge in [-0.05, 0) is 22.4 Å². The summed E-state index contributed by atoms with van der Waals surface area (Å²) >= 11 is 3.32. The van der Waals surface area contributed by atoms with Gasteiger partial charge in [-0.1, -0.05) is 6.92 Å². The van der Waals surface area contributed by atoms with Crippen LogP contribution in [0.25, 0.3) is 0 Å². The van der Waals surface area contributed by atoms with Crippen LogP contribution in [0.1, 0.15) is 25.6 Å². The molecular formula is C12H15BrN4O2. The summed E-state index contributed by atoms with van der Waals surface area (Å²) in [5.41, 5.74) is 0. The Morgan fingerprint density at radius 2 is 2.21 bits per heavy atom. The smallest absolute Gasteiger partial charge is 0.251 e. The Labute approximate surface area is 119 Å². The summed E-state index contributed by atoms with van der Waals surface area (Å²) in [6.45, 7) is 2.05. The highest BCUT2D eigenvalue weighted by molar-refractivity contribution is 9.10. The lowest BCUT2D eigenvalue weighted by Crippen LogP contribution is -2.32. The number of nitrogens with zero attached hydrogens (tertiary/aromatic N) is 3. The Morgan fingerprint density at radius 3 is 2.79 bits per heavy atom. The van der Waals surface area contributed by atoms with Crippen LogP contribution in [0.5, 0.6) is 0 Å². The molecule has 1 aromatic heterocycles. The van der Waals surface area contributed by atoms with E-state index in [2.05, 4.69) is 31.2 Å². The number of likely N-dealkylation sites (N-methyl/N-ethyl adjacent to an activating group) is 1. The van der Waals surface area contributed by atoms with Crippen molar-refractivity contribution in [1.29, 1.82) is 0 Å². The van der Waals surface area contributed by atoms with Gasteiger partial charge >= 0.3 is 0 Å². The van der Waals surface area contributed by atoms with Crippen molar-refractivity contribution >= 4 is 33.6 Å². The molecule has 7 heteroatoms. The molecule has 1 fully saturated rings. The van der Waals surface area contributed by atoms with Gasteiger partial charge in [-0.2, -0.15) is 0 Å². The molecule has 1 N–H and O–H groups in total. The summed E-state index contributed by atoms with van der Waals surface area (Å²) < 4.78 is 0.665. The summed E-state index contributed by atoms with van der Waals surface area (Å²) in [5, 5.41) is 3.00. The predicted octanol–water partition coefficient (Wildman–Crippen LogP) is 1.36. The molecule has 1 atom stereocenters. The van der Waals surface area contributed by atoms with E-state index in [1.807, 2.05) is 6.92 Å². The number of hydrogen-bond acceptors (Lipinski definition) is 5. The second-order valence-corrected chi connectivity index (χ2v) is 5.25. The Balaban J connectivity index is 2.15. The van der Waals surface area contributed by atoms with Gasteiger partial charge in [0.25, 0.3) is 5.91 Å². The first-order chi connectivity index (χ1) is 9.01. The van der Waals surface area contributed by atoms with Gasteiger partial charge in [0.1, 0.15) is 22.3 Å². The molecule has 1 aliphatic heterocycles. The molecule has 2 amide bonds. The number of rotatable bonds is 4. The first-order valence-electron chi connectivity index (χ1n) is 6.11. The monoisotopic (exact) mass is 326 g/mol. The van der Waals surface area contributed by atoms with Crippen molar-refractivity contribution in [3.05, 3.63) is 16.5 Å². The molecule has 6 nitrogen and oxygen atoms in total. The maximum Gasteiger partial charge on any atom is 0.251 e. The van der Waals surface area contributed by atoms with Crippen LogP contribution >= 0.6 is 15.9 Å². The first-order valence-corrected chi connectivity index (χ1v) is 6.91. The largest absolute Gasteiger partial charge is 0.358 e. The molecule has 2 rings (SSSR count). The molecule has 1 aliphatic rings. The minimum Gasteiger partial charge on any atom is -0.358 e. The minimum atomic E-state index is -0.534. The molecule has 1 unspecified atom stereocenters. The highest BCUT2D eigenvalue weighted by Gasteiger charge is 2.36. The molecule has 102 valence electrons. The molecule has 1 saturated heterocycles. The van der Waals surface area contributed by atoms with Crippen molar-refractivity contribution in [2.45, 2.75) is 32.2 Å². The van der Waals surface area contributed by atoms with E-state index in [1.165, 1.54) is 7.05 Å². The third-order valence-electron chi connectivity index (χ3n) is 2.92. The zero-order valence-electron chi connectivity index (χ0n) is 10.8. The van der Waals surface area contributed by atoms with Gasteiger partial charge in [-0.25, -0.2) is 9.97 Å². The fraction of sp³-hybridized carbons (Fsp3) is 0.500. The Morgan fingerprint density at radius 1 is 1.47 bits per heavy atom. The van der Waals surface area contributed by atoms with Crippen molar-refractivity contribution in [2.75, 3.05) is 12.4 Å². The fourth-order valence-corrected chi connectivity index (χ4v) is 2.34. The first kappa shape index (κ1) is 13.9. The zero-order valence-corrected chi connectivity index (χ0v) is 12.4. The van der Waals surface area contributed by atoms with E-state index in [0.29, 0.717) is 16.2 Å². The predicted molar refractivity (Wildman–Crippen MR) is 73.5 cm³/mol. The van der Waals surface area contributed by atoms with Gasteiger partial charge in [0.2, 0.25) is 5.91 Å². The van der Waals surface area contributed by atoms with Gasteiger partial charge in [-0.3, -0.25) is 14.5 Å². The SMILES string of the molecule is CCCc1nc(Br)cc(NC2CC(=O)N(C)C2=O)n1. The van der Waals surface area contributed by atoms with E-state index in [4.69, 9.17) is 0 Å². The standard InChI is InChI=1S/C12H15BrN4O2/c1-3-4-9-15-8(13)6-10(16-9)14-7-5-11(18)17(2)12(7)19/h6-7H,3-5H2,1-2H3,(H,14,15,16). The molecule has 0 radical (unpaired) electrons. The zero-order chi connectivity index (χ0) is 14.0. The van der Waals surface area contributed by atoms with Crippen LogP contribution in [-0.4, -0.2) is 39.8 Å². The number of amides is 2. The number of imide groups is 1. The average Bonchev–Trinajstić information content (AvgIpc) is 2.57. The summed E-state index contributed by atoms with van der Waals surface area (Å²) in [7, 11) is 1.49. The van der Waals surface area contributed by atoms with E-state index in [9.17, 15) is 9.59 Å². The molecular weight excluding hydrogens is 312 g/mol. The van der Waals surface area contributed by atoms with Crippen LogP contribution in [-0.2, 0) is 16.0 Å². The molecule has 0 bridgehead atoms. The van der Waals surface area contributed by atoms with Gasteiger partial charge in [0.05, 0.1) is 6.42 Å². The van der Waals surface area contributed by atoms with Crippen molar-refractivity contribution in [1.82, 2.24) is 14.9 Å². The second kappa shape index (κ2) is 5.64. The lowest BCUT2D eigenvalue weighted by atomic mass is 10.2. The highest BCUT2D eigenvalue weighted by Crippen LogP contribution is 2.18. The maximum absolute atomic E-state index is 11.8. The number of nitrogens with one attached hydrogen (secondary N) is 1. The molecule has 0 aliphatic carbocycles. The number of hydrogen-bond donors (Lipinski definition) is 1. The second-order valence-electron chi connectivity index (χ2n) is 4.43. The van der Waals surface area contributed by atoms with Crippen molar-refractivity contribution in [2.24, 2.45) is 0 Å². The number of likely N-dealkylation sites (tertiary alicyclic amines) is 1. The van der Waals surface area contributed by atoms with Crippen LogP contribution in [0.3, 0.4) is 0 Å². The van der Waals surface area contributed by atoms with Crippen LogP contribution < -0.4 is 5.32 Å². The average molecular weight is 327 g/mol. The van der Waals surface area contributed by atoms with Gasteiger partial charge in [0, 0.05) is 19.5 Å². The number of carbonyl (C=O) groups excluding carboxylic acids is 2. The summed E-state index contributed by atoms with van der Waals surface area (Å²) in [5.74, 6) is 0.873. The third kappa shape index (κ3) is 3.09. The molecule has 0 spiro atoms. The molecule has 0 aromatic carbocycles. The fourth-order valence-electron chi connectivity index (χ4n) is 1.92. The molecule has 19 heavy (non-hydrogen) atoms. The summed E-state index contributed by atoms with van der Waals surface area (Å²) in [6, 6.07) is 1.17. The van der Waals surface area contributed by atoms with E-state index >= 15 is 0 Å². The van der Waals surface area contributed by atoms with Gasteiger partial charge in [-0.15, -0.1) is 0 Å². The lowest BCUT2D eigenvalue weighted by molar-refractivity contribution is -0.136. The van der Waals surface area contributed by atoms with Crippen LogP contribution in [0.4, 0.5) is 5.82 Å². The van der Waals surface area contributed by atoms with Crippen molar-refractivity contribution in [3.63, 3.8) is 0 Å². The van der Waals surface area contributed by atoms with Gasteiger partial charge in [0.15, 0.2) is 0 Å². The number of carbonyl (C=O) groups is 2. The maximum atomic E-state index is 11.8. The molecule has 2 heterocycles. The van der Waals surface area contributed by atoms with Crippen LogP contribution in [0, 0.1) is 0 Å². The van der Waals surface area contributed by atoms with Gasteiger partial charge < -0.3 is 5.32 Å². The van der Waals surface area contributed by atoms with E-state index < -0.39 is 6.04 Å². The Hall–Kier alpha value is -1.50. The highest BCUT2D eigenvalue weighted by atomic mass is 79.9. The van der Waals surface area contributed by atoms with E-state index in [1.54, 1.807) is 6.07 Å². The number of halogens is 1. The quantitative estimate of drug-likeness (QED) is 0.668. The normalized spacial score (nSPS) is 19.1. The molecule has 1 aromatic rings. The number of aromatic nitrogens is 2. The van der Waals surface area contributed by atoms with Crippen LogP contribution in [0.2, 0.25) is 0 Å². The van der Waals surface area contributed by atoms with E-state index in [0.717, 1.165) is 17.7 Å². The van der Waals surface area contributed by atoms with E-state index in [-0.39, 0.29) is 18.2 Å². The summed E-state index contributed by atoms with van der Waals surface area (Å²) in [4.78, 5) is 33.0. The van der Waals surface area contributed by atoms with Crippen LogP contribution in [0.15, 0.2) is 10.7 Å². The lowest BCUT2D eigenvalue weighted by Gasteiger charge is -2.12. The number of aryl methyl sites for hydroxylation is 1. The number of anilines is 1. The minimum absolute atomic E-state index is 0.167. The Kier molecular flexibility index (Phi) is 4.14. The molecule has 0 saturated carbocycles. The third-order valence-corrected chi connectivity index (χ3v) is 3.32. The van der Waals surface area contributed by atoms with Crippen molar-refractivity contribution in [3.8, 4) is 0 Å². The summed E-state index contributed by atoms with van der Waals surface area (Å²) in [6.07, 6.45) is 1.88. The Bertz CT molecular complexity index is 520.